The van der Waals surface area contributed by atoms with Gasteiger partial charge in [0.2, 0.25) is 5.91 Å². The zero-order chi connectivity index (χ0) is 13.8. The highest BCUT2D eigenvalue weighted by Gasteiger charge is 2.18. The van der Waals surface area contributed by atoms with Crippen molar-refractivity contribution < 1.29 is 9.59 Å². The van der Waals surface area contributed by atoms with Crippen LogP contribution in [-0.4, -0.2) is 36.3 Å². The molecule has 1 aliphatic rings. The molecule has 102 valence electrons. The highest BCUT2D eigenvalue weighted by Crippen LogP contribution is 2.23. The van der Waals surface area contributed by atoms with E-state index in [1.807, 2.05) is 0 Å². The van der Waals surface area contributed by atoms with Crippen molar-refractivity contribution in [2.45, 2.75) is 12.8 Å². The van der Waals surface area contributed by atoms with Gasteiger partial charge in [-0.25, -0.2) is 0 Å². The quantitative estimate of drug-likeness (QED) is 0.915. The standard InChI is InChI=1S/C13H14BrClN2O2/c14-10-7-9(3-4-11(10)15)13(19)16-8-12(18)17-5-1-2-6-17/h3-4,7H,1-2,5-6,8H2,(H,16,19). The van der Waals surface area contributed by atoms with Crippen LogP contribution in [0.1, 0.15) is 23.2 Å². The SMILES string of the molecule is O=C(NCC(=O)N1CCCC1)c1ccc(Cl)c(Br)c1. The smallest absolute Gasteiger partial charge is 0.251 e. The number of nitrogens with zero attached hydrogens (tertiary/aromatic N) is 1. The van der Waals surface area contributed by atoms with Gasteiger partial charge in [0.25, 0.3) is 5.91 Å². The van der Waals surface area contributed by atoms with E-state index in [9.17, 15) is 9.59 Å². The molecular weight excluding hydrogens is 332 g/mol. The molecule has 2 amide bonds. The summed E-state index contributed by atoms with van der Waals surface area (Å²) in [5, 5.41) is 3.17. The second-order valence-electron chi connectivity index (χ2n) is 4.40. The fraction of sp³-hybridized carbons (Fsp3) is 0.385. The summed E-state index contributed by atoms with van der Waals surface area (Å²) in [6, 6.07) is 4.91. The summed E-state index contributed by atoms with van der Waals surface area (Å²) in [5.74, 6) is -0.302. The Balaban J connectivity index is 1.90. The van der Waals surface area contributed by atoms with Crippen molar-refractivity contribution in [2.24, 2.45) is 0 Å². The number of amides is 2. The van der Waals surface area contributed by atoms with Gasteiger partial charge in [-0.2, -0.15) is 0 Å². The maximum absolute atomic E-state index is 11.9. The molecule has 4 nitrogen and oxygen atoms in total. The van der Waals surface area contributed by atoms with Crippen molar-refractivity contribution in [1.82, 2.24) is 10.2 Å². The van der Waals surface area contributed by atoms with E-state index in [1.165, 1.54) is 0 Å². The highest BCUT2D eigenvalue weighted by molar-refractivity contribution is 9.10. The molecule has 1 fully saturated rings. The van der Waals surface area contributed by atoms with E-state index in [1.54, 1.807) is 23.1 Å². The van der Waals surface area contributed by atoms with Crippen molar-refractivity contribution in [3.63, 3.8) is 0 Å². The molecule has 0 atom stereocenters. The zero-order valence-electron chi connectivity index (χ0n) is 10.3. The summed E-state index contributed by atoms with van der Waals surface area (Å²) < 4.78 is 0.660. The molecule has 0 unspecified atom stereocenters. The second kappa shape index (κ2) is 6.39. The van der Waals surface area contributed by atoms with Crippen molar-refractivity contribution in [1.29, 1.82) is 0 Å². The van der Waals surface area contributed by atoms with Gasteiger partial charge in [0, 0.05) is 23.1 Å². The van der Waals surface area contributed by atoms with Gasteiger partial charge < -0.3 is 10.2 Å². The van der Waals surface area contributed by atoms with Crippen molar-refractivity contribution in [3.8, 4) is 0 Å². The van der Waals surface area contributed by atoms with Gasteiger partial charge in [-0.05, 0) is 47.0 Å². The fourth-order valence-electron chi connectivity index (χ4n) is 1.97. The highest BCUT2D eigenvalue weighted by atomic mass is 79.9. The number of hydrogen-bond acceptors (Lipinski definition) is 2. The molecule has 1 aliphatic heterocycles. The first kappa shape index (κ1) is 14.3. The molecule has 0 bridgehead atoms. The molecule has 1 N–H and O–H groups in total. The normalized spacial score (nSPS) is 14.5. The Labute approximate surface area is 125 Å². The number of hydrogen-bond donors (Lipinski definition) is 1. The third kappa shape index (κ3) is 3.70. The van der Waals surface area contributed by atoms with Crippen LogP contribution in [0, 0.1) is 0 Å². The lowest BCUT2D eigenvalue weighted by Gasteiger charge is -2.15. The average Bonchev–Trinajstić information content (AvgIpc) is 2.92. The minimum absolute atomic E-state index is 0.0288. The number of carbonyl (C=O) groups excluding carboxylic acids is 2. The molecule has 0 saturated carbocycles. The summed E-state index contributed by atoms with van der Waals surface area (Å²) in [4.78, 5) is 25.4. The Kier molecular flexibility index (Phi) is 4.82. The number of nitrogens with one attached hydrogen (secondary N) is 1. The number of carbonyl (C=O) groups is 2. The van der Waals surface area contributed by atoms with Crippen LogP contribution in [0.5, 0.6) is 0 Å². The maximum Gasteiger partial charge on any atom is 0.251 e. The van der Waals surface area contributed by atoms with E-state index >= 15 is 0 Å². The van der Waals surface area contributed by atoms with Crippen LogP contribution < -0.4 is 5.32 Å². The molecule has 1 saturated heterocycles. The topological polar surface area (TPSA) is 49.4 Å². The minimum atomic E-state index is -0.273. The molecule has 2 rings (SSSR count). The minimum Gasteiger partial charge on any atom is -0.343 e. The first-order valence-electron chi connectivity index (χ1n) is 6.09. The van der Waals surface area contributed by atoms with E-state index in [-0.39, 0.29) is 18.4 Å². The summed E-state index contributed by atoms with van der Waals surface area (Å²) >= 11 is 9.12. The Hall–Kier alpha value is -1.07. The fourth-order valence-corrected chi connectivity index (χ4v) is 2.47. The van der Waals surface area contributed by atoms with Crippen LogP contribution >= 0.6 is 27.5 Å². The van der Waals surface area contributed by atoms with Crippen LogP contribution in [0.3, 0.4) is 0 Å². The summed E-state index contributed by atoms with van der Waals surface area (Å²) in [5.41, 5.74) is 0.477. The monoisotopic (exact) mass is 344 g/mol. The molecule has 1 aromatic carbocycles. The Bertz CT molecular complexity index is 501. The third-order valence-corrected chi connectivity index (χ3v) is 4.25. The molecule has 1 aromatic rings. The van der Waals surface area contributed by atoms with Gasteiger partial charge in [-0.15, -0.1) is 0 Å². The molecule has 1 heterocycles. The lowest BCUT2D eigenvalue weighted by Crippen LogP contribution is -2.38. The second-order valence-corrected chi connectivity index (χ2v) is 5.66. The van der Waals surface area contributed by atoms with Gasteiger partial charge in [0.05, 0.1) is 11.6 Å². The Morgan fingerprint density at radius 2 is 2.00 bits per heavy atom. The van der Waals surface area contributed by atoms with Crippen LogP contribution in [0.2, 0.25) is 5.02 Å². The molecule has 0 aromatic heterocycles. The van der Waals surface area contributed by atoms with E-state index in [0.29, 0.717) is 15.1 Å². The molecule has 19 heavy (non-hydrogen) atoms. The summed E-state index contributed by atoms with van der Waals surface area (Å²) in [6.07, 6.45) is 2.09. The van der Waals surface area contributed by atoms with Gasteiger partial charge in [-0.1, -0.05) is 11.6 Å². The Morgan fingerprint density at radius 3 is 2.63 bits per heavy atom. The van der Waals surface area contributed by atoms with Crippen LogP contribution in [0.25, 0.3) is 0 Å². The zero-order valence-corrected chi connectivity index (χ0v) is 12.6. The van der Waals surface area contributed by atoms with Gasteiger partial charge >= 0.3 is 0 Å². The molecular formula is C13H14BrClN2O2. The average molecular weight is 346 g/mol. The van der Waals surface area contributed by atoms with Crippen molar-refractivity contribution in [3.05, 3.63) is 33.3 Å². The van der Waals surface area contributed by atoms with Gasteiger partial charge in [0.1, 0.15) is 0 Å². The van der Waals surface area contributed by atoms with Crippen LogP contribution in [0.15, 0.2) is 22.7 Å². The van der Waals surface area contributed by atoms with E-state index in [2.05, 4.69) is 21.2 Å². The number of likely N-dealkylation sites (tertiary alicyclic amines) is 1. The van der Waals surface area contributed by atoms with Gasteiger partial charge in [0.15, 0.2) is 0 Å². The molecule has 6 heteroatoms. The van der Waals surface area contributed by atoms with E-state index < -0.39 is 0 Å². The third-order valence-electron chi connectivity index (χ3n) is 3.04. The maximum atomic E-state index is 11.9. The van der Waals surface area contributed by atoms with E-state index in [0.717, 1.165) is 25.9 Å². The van der Waals surface area contributed by atoms with Crippen molar-refractivity contribution in [2.75, 3.05) is 19.6 Å². The Morgan fingerprint density at radius 1 is 1.32 bits per heavy atom. The van der Waals surface area contributed by atoms with Crippen LogP contribution in [-0.2, 0) is 4.79 Å². The predicted octanol–water partition coefficient (Wildman–Crippen LogP) is 2.45. The summed E-state index contributed by atoms with van der Waals surface area (Å²) in [7, 11) is 0. The lowest BCUT2D eigenvalue weighted by molar-refractivity contribution is -0.129. The number of rotatable bonds is 3. The van der Waals surface area contributed by atoms with E-state index in [4.69, 9.17) is 11.6 Å². The van der Waals surface area contributed by atoms with Crippen molar-refractivity contribution >= 4 is 39.3 Å². The number of benzene rings is 1. The predicted molar refractivity (Wildman–Crippen MR) is 77.3 cm³/mol. The first-order chi connectivity index (χ1) is 9.08. The first-order valence-corrected chi connectivity index (χ1v) is 7.26. The molecule has 0 aliphatic carbocycles. The lowest BCUT2D eigenvalue weighted by atomic mass is 10.2. The summed E-state index contributed by atoms with van der Waals surface area (Å²) in [6.45, 7) is 1.63. The molecule has 0 spiro atoms. The van der Waals surface area contributed by atoms with Gasteiger partial charge in [-0.3, -0.25) is 9.59 Å². The van der Waals surface area contributed by atoms with Crippen LogP contribution in [0.4, 0.5) is 0 Å². The largest absolute Gasteiger partial charge is 0.343 e. The number of halogens is 2. The molecule has 0 radical (unpaired) electrons.